The molecule has 0 saturated heterocycles. The molecule has 0 bridgehead atoms. The van der Waals surface area contributed by atoms with Crippen LogP contribution in [0.3, 0.4) is 0 Å². The van der Waals surface area contributed by atoms with Gasteiger partial charge in [0, 0.05) is 30.6 Å². The Bertz CT molecular complexity index is 483. The largest absolute Gasteiger partial charge is 0.370 e. The van der Waals surface area contributed by atoms with Crippen molar-refractivity contribution in [3.05, 3.63) is 28.5 Å². The third-order valence-corrected chi connectivity index (χ3v) is 3.13. The summed E-state index contributed by atoms with van der Waals surface area (Å²) in [5.41, 5.74) is 0. The fraction of sp³-hybridized carbons (Fsp3) is 0.417. The maximum atomic E-state index is 4.45. The molecule has 2 rings (SSSR count). The Morgan fingerprint density at radius 1 is 1.17 bits per heavy atom. The highest BCUT2D eigenvalue weighted by Gasteiger charge is 2.03. The van der Waals surface area contributed by atoms with Crippen molar-refractivity contribution >= 4 is 23.0 Å². The maximum Gasteiger partial charge on any atom is 0.132 e. The first-order valence-corrected chi connectivity index (χ1v) is 6.93. The molecule has 18 heavy (non-hydrogen) atoms. The van der Waals surface area contributed by atoms with Gasteiger partial charge in [-0.2, -0.15) is 0 Å². The highest BCUT2D eigenvalue weighted by molar-refractivity contribution is 7.09. The molecule has 5 nitrogen and oxygen atoms in total. The Morgan fingerprint density at radius 2 is 1.94 bits per heavy atom. The van der Waals surface area contributed by atoms with Crippen molar-refractivity contribution in [2.24, 2.45) is 0 Å². The number of hydrogen-bond donors (Lipinski definition) is 2. The second-order valence-corrected chi connectivity index (χ2v) is 4.70. The number of thiazole rings is 1. The van der Waals surface area contributed by atoms with Crippen LogP contribution in [0.1, 0.15) is 24.7 Å². The van der Waals surface area contributed by atoms with Gasteiger partial charge in [-0.15, -0.1) is 11.3 Å². The van der Waals surface area contributed by atoms with Gasteiger partial charge in [-0.1, -0.05) is 6.92 Å². The van der Waals surface area contributed by atoms with Gasteiger partial charge >= 0.3 is 0 Å². The first kappa shape index (κ1) is 12.8. The quantitative estimate of drug-likeness (QED) is 0.838. The van der Waals surface area contributed by atoms with Crippen molar-refractivity contribution in [1.82, 2.24) is 15.0 Å². The first-order valence-electron chi connectivity index (χ1n) is 6.06. The molecule has 0 aliphatic carbocycles. The molecule has 0 saturated carbocycles. The number of nitrogens with zero attached hydrogens (tertiary/aromatic N) is 3. The van der Waals surface area contributed by atoms with E-state index in [1.165, 1.54) is 0 Å². The second kappa shape index (κ2) is 6.30. The van der Waals surface area contributed by atoms with E-state index in [0.717, 1.165) is 35.4 Å². The van der Waals surface area contributed by atoms with E-state index in [-0.39, 0.29) is 0 Å². The summed E-state index contributed by atoms with van der Waals surface area (Å²) < 4.78 is 0. The third kappa shape index (κ3) is 3.40. The van der Waals surface area contributed by atoms with E-state index in [4.69, 9.17) is 0 Å². The molecule has 96 valence electrons. The second-order valence-electron chi connectivity index (χ2n) is 3.72. The number of aromatic nitrogens is 3. The van der Waals surface area contributed by atoms with Gasteiger partial charge in [0.15, 0.2) is 0 Å². The molecule has 6 heteroatoms. The Morgan fingerprint density at radius 3 is 2.56 bits per heavy atom. The summed E-state index contributed by atoms with van der Waals surface area (Å²) in [5.74, 6) is 2.55. The van der Waals surface area contributed by atoms with Gasteiger partial charge in [0.05, 0.1) is 6.54 Å². The molecule has 0 aromatic carbocycles. The van der Waals surface area contributed by atoms with Crippen LogP contribution in [0, 0.1) is 0 Å². The van der Waals surface area contributed by atoms with Gasteiger partial charge in [0.25, 0.3) is 0 Å². The summed E-state index contributed by atoms with van der Waals surface area (Å²) in [7, 11) is 0. The summed E-state index contributed by atoms with van der Waals surface area (Å²) in [5, 5.41) is 9.51. The van der Waals surface area contributed by atoms with Crippen LogP contribution in [0.5, 0.6) is 0 Å². The van der Waals surface area contributed by atoms with E-state index < -0.39 is 0 Å². The molecule has 2 aromatic rings. The van der Waals surface area contributed by atoms with Crippen molar-refractivity contribution in [1.29, 1.82) is 0 Å². The summed E-state index contributed by atoms with van der Waals surface area (Å²) in [6.07, 6.45) is 2.63. The Balaban J connectivity index is 2.08. The Hall–Kier alpha value is -1.69. The molecule has 0 fully saturated rings. The predicted octanol–water partition coefficient (Wildman–Crippen LogP) is 2.54. The van der Waals surface area contributed by atoms with Crippen LogP contribution >= 0.6 is 11.3 Å². The molecule has 2 heterocycles. The molecule has 0 radical (unpaired) electrons. The van der Waals surface area contributed by atoms with Gasteiger partial charge in [-0.3, -0.25) is 0 Å². The van der Waals surface area contributed by atoms with Crippen molar-refractivity contribution in [2.75, 3.05) is 17.2 Å². The number of nitrogens with one attached hydrogen (secondary N) is 2. The van der Waals surface area contributed by atoms with E-state index in [1.54, 1.807) is 11.3 Å². The molecule has 0 amide bonds. The summed E-state index contributed by atoms with van der Waals surface area (Å²) >= 11 is 1.63. The average Bonchev–Trinajstić information content (AvgIpc) is 2.89. The number of aryl methyl sites for hydroxylation is 1. The number of hydrogen-bond acceptors (Lipinski definition) is 6. The van der Waals surface area contributed by atoms with E-state index in [1.807, 2.05) is 17.6 Å². The normalized spacial score (nSPS) is 10.3. The molecule has 2 N–H and O–H groups in total. The Kier molecular flexibility index (Phi) is 4.46. The Labute approximate surface area is 111 Å². The standard InChI is InChI=1S/C12H17N5S/c1-3-9-16-10(13-4-2)7-11(17-9)15-8-12-14-5-6-18-12/h5-7H,3-4,8H2,1-2H3,(H2,13,15,16,17). The minimum Gasteiger partial charge on any atom is -0.370 e. The smallest absolute Gasteiger partial charge is 0.132 e. The zero-order chi connectivity index (χ0) is 12.8. The first-order chi connectivity index (χ1) is 8.81. The number of anilines is 2. The van der Waals surface area contributed by atoms with Crippen molar-refractivity contribution in [3.63, 3.8) is 0 Å². The van der Waals surface area contributed by atoms with Crippen LogP contribution in [-0.4, -0.2) is 21.5 Å². The lowest BCUT2D eigenvalue weighted by molar-refractivity contribution is 0.928. The van der Waals surface area contributed by atoms with Crippen molar-refractivity contribution in [2.45, 2.75) is 26.8 Å². The van der Waals surface area contributed by atoms with Crippen LogP contribution in [0.2, 0.25) is 0 Å². The highest BCUT2D eigenvalue weighted by Crippen LogP contribution is 2.13. The third-order valence-electron chi connectivity index (χ3n) is 2.35. The molecule has 2 aromatic heterocycles. The van der Waals surface area contributed by atoms with Crippen molar-refractivity contribution in [3.8, 4) is 0 Å². The van der Waals surface area contributed by atoms with E-state index in [9.17, 15) is 0 Å². The molecule has 0 aliphatic rings. The fourth-order valence-electron chi connectivity index (χ4n) is 1.52. The van der Waals surface area contributed by atoms with Gasteiger partial charge in [0.1, 0.15) is 22.5 Å². The minimum absolute atomic E-state index is 0.698. The minimum atomic E-state index is 0.698. The van der Waals surface area contributed by atoms with Crippen LogP contribution in [-0.2, 0) is 13.0 Å². The lowest BCUT2D eigenvalue weighted by atomic mass is 10.4. The molecular formula is C12H17N5S. The van der Waals surface area contributed by atoms with Crippen LogP contribution < -0.4 is 10.6 Å². The van der Waals surface area contributed by atoms with E-state index in [0.29, 0.717) is 6.54 Å². The highest BCUT2D eigenvalue weighted by atomic mass is 32.1. The van der Waals surface area contributed by atoms with Crippen molar-refractivity contribution < 1.29 is 0 Å². The molecule has 0 unspecified atom stereocenters. The SMILES string of the molecule is CCNc1cc(NCc2nccs2)nc(CC)n1. The molecule has 0 atom stereocenters. The lowest BCUT2D eigenvalue weighted by Crippen LogP contribution is -2.07. The predicted molar refractivity (Wildman–Crippen MR) is 75.0 cm³/mol. The summed E-state index contributed by atoms with van der Waals surface area (Å²) in [4.78, 5) is 13.1. The average molecular weight is 263 g/mol. The zero-order valence-electron chi connectivity index (χ0n) is 10.6. The van der Waals surface area contributed by atoms with Crippen LogP contribution in [0.15, 0.2) is 17.6 Å². The monoisotopic (exact) mass is 263 g/mol. The van der Waals surface area contributed by atoms with Crippen LogP contribution in [0.4, 0.5) is 11.6 Å². The summed E-state index contributed by atoms with van der Waals surface area (Å²) in [6.45, 7) is 5.65. The van der Waals surface area contributed by atoms with Crippen LogP contribution in [0.25, 0.3) is 0 Å². The van der Waals surface area contributed by atoms with E-state index >= 15 is 0 Å². The number of rotatable bonds is 6. The van der Waals surface area contributed by atoms with Gasteiger partial charge in [-0.25, -0.2) is 15.0 Å². The lowest BCUT2D eigenvalue weighted by Gasteiger charge is -2.09. The topological polar surface area (TPSA) is 62.7 Å². The molecule has 0 spiro atoms. The molecule has 0 aliphatic heterocycles. The van der Waals surface area contributed by atoms with Gasteiger partial charge in [-0.05, 0) is 6.92 Å². The maximum absolute atomic E-state index is 4.45. The van der Waals surface area contributed by atoms with Gasteiger partial charge in [0.2, 0.25) is 0 Å². The van der Waals surface area contributed by atoms with E-state index in [2.05, 4.69) is 39.4 Å². The zero-order valence-corrected chi connectivity index (χ0v) is 11.4. The van der Waals surface area contributed by atoms with Gasteiger partial charge < -0.3 is 10.6 Å². The molecular weight excluding hydrogens is 246 g/mol. The summed E-state index contributed by atoms with van der Waals surface area (Å²) in [6, 6.07) is 1.93. The fourth-order valence-corrected chi connectivity index (χ4v) is 2.08.